The smallest absolute Gasteiger partial charge is 0.422 e. The van der Waals surface area contributed by atoms with Crippen LogP contribution in [0, 0.1) is 0 Å². The Balaban J connectivity index is 0.000000134. The lowest BCUT2D eigenvalue weighted by Gasteiger charge is -2.12. The molecule has 0 bridgehead atoms. The van der Waals surface area contributed by atoms with Crippen LogP contribution in [0.5, 0.6) is 0 Å². The minimum atomic E-state index is -1.45. The maximum absolute atomic E-state index is 8.52. The normalized spacial score (nSPS) is 11.2. The lowest BCUT2D eigenvalue weighted by Crippen LogP contribution is -2.31. The van der Waals surface area contributed by atoms with Crippen LogP contribution in [0.25, 0.3) is 133 Å². The van der Waals surface area contributed by atoms with Crippen molar-refractivity contribution < 1.29 is 10.0 Å². The number of halogens is 1. The topological polar surface area (TPSA) is 179 Å². The van der Waals surface area contributed by atoms with Gasteiger partial charge in [0.05, 0.1) is 39.0 Å². The van der Waals surface area contributed by atoms with Gasteiger partial charge in [-0.2, -0.15) is 0 Å². The molecule has 2 atom stereocenters. The fraction of sp³-hybridized carbons (Fsp3) is 0. The molecule has 16 aromatic rings. The summed E-state index contributed by atoms with van der Waals surface area (Å²) < 4.78 is 4.79. The van der Waals surface area contributed by atoms with E-state index in [0.29, 0.717) is 10.6 Å². The predicted molar refractivity (Wildman–Crippen MR) is 349 cm³/mol. The van der Waals surface area contributed by atoms with E-state index in [9.17, 15) is 0 Å². The summed E-state index contributed by atoms with van der Waals surface area (Å²) >= 11 is 3.52. The highest BCUT2D eigenvalue weighted by Gasteiger charge is 2.20. The quantitative estimate of drug-likeness (QED) is 0.0697. The van der Waals surface area contributed by atoms with E-state index >= 15 is 0 Å². The second-order valence-electron chi connectivity index (χ2n) is 19.2. The molecule has 10 heterocycles. The number of rotatable bonds is 6. The molecule has 10 aromatic heterocycles. The van der Waals surface area contributed by atoms with Gasteiger partial charge in [-0.05, 0) is 113 Å². The minimum absolute atomic E-state index is 0.275. The maximum Gasteiger partial charge on any atom is 0.508 e. The lowest BCUT2D eigenvalue weighted by atomic mass is 9.86. The van der Waals surface area contributed by atoms with E-state index in [1.165, 1.54) is 6.20 Å². The van der Waals surface area contributed by atoms with Crippen molar-refractivity contribution in [3.63, 3.8) is 0 Å². The Bertz CT molecular complexity index is 4960. The third kappa shape index (κ3) is 10.2. The SMILES string of the molecule is Brc1nc(-c2ccccc2)c2ccc3ccc(-n4c5ccccc5c5cccnc54)nc3c2n1.OB(O)c1ccccn1.PP.c1ccc(-c2nc(-c3ccccn3)nc3c2ccc2ccc(-n4c5ccccc5c5cccnc54)nc23)cc1. The molecule has 402 valence electrons. The molecule has 14 nitrogen and oxygen atoms in total. The Hall–Kier alpha value is -9.66. The standard InChI is InChI=1S/C33H20N6.C28H16BrN5.C5H6BNO2.H4P2/c1-2-9-21(10-3-1)29-25-17-15-22-16-18-28(36-30(22)31(25)38-32(37-29)26-13-6-7-19-34-26)39-27-14-5-4-11-23(27)24-12-8-20-35-33(24)39;29-28-32-24(17-7-2-1-3-8-17)21-14-12-18-13-15-23(31-25(18)26(21)33-28)34-22-11-5-4-9-19(22)20-10-6-16-30-27(20)34;8-6(9)5-3-1-2-4-7-5;1-2/h1-20H;1-16H;1-4,8-9H;1-2H2. The Labute approximate surface area is 493 Å². The average Bonchev–Trinajstić information content (AvgIpc) is 2.11. The Morgan fingerprint density at radius 3 is 1.31 bits per heavy atom. The van der Waals surface area contributed by atoms with Gasteiger partial charge >= 0.3 is 7.12 Å². The number of para-hydroxylation sites is 2. The van der Waals surface area contributed by atoms with Gasteiger partial charge in [0.25, 0.3) is 0 Å². The van der Waals surface area contributed by atoms with Crippen LogP contribution in [-0.2, 0) is 0 Å². The first-order valence-electron chi connectivity index (χ1n) is 26.6. The van der Waals surface area contributed by atoms with Gasteiger partial charge in [0.15, 0.2) is 10.6 Å². The number of benzene rings is 6. The number of hydrogen-bond donors (Lipinski definition) is 2. The van der Waals surface area contributed by atoms with E-state index in [4.69, 9.17) is 49.9 Å². The number of hydrogen-bond acceptors (Lipinski definition) is 12. The monoisotopic (exact) mass is 1190 g/mol. The third-order valence-corrected chi connectivity index (χ3v) is 14.6. The molecule has 18 heteroatoms. The summed E-state index contributed by atoms with van der Waals surface area (Å²) in [5.74, 6) is 2.17. The first-order chi connectivity index (χ1) is 41.4. The number of pyridine rings is 6. The van der Waals surface area contributed by atoms with Crippen LogP contribution in [-0.4, -0.2) is 76.1 Å². The fourth-order valence-corrected chi connectivity index (χ4v) is 10.9. The van der Waals surface area contributed by atoms with Gasteiger partial charge in [0, 0.05) is 79.0 Å². The van der Waals surface area contributed by atoms with Crippen molar-refractivity contribution in [2.24, 2.45) is 0 Å². The summed E-state index contributed by atoms with van der Waals surface area (Å²) in [6.07, 6.45) is 6.92. The van der Waals surface area contributed by atoms with Crippen molar-refractivity contribution in [3.05, 3.63) is 248 Å². The highest BCUT2D eigenvalue weighted by atomic mass is 79.9. The van der Waals surface area contributed by atoms with E-state index in [0.717, 1.165) is 127 Å². The molecule has 0 saturated carbocycles. The second-order valence-corrected chi connectivity index (χ2v) is 19.9. The van der Waals surface area contributed by atoms with Gasteiger partial charge in [0.2, 0.25) is 0 Å². The molecule has 0 radical (unpaired) electrons. The number of aromatic nitrogens is 12. The molecule has 0 amide bonds. The molecule has 6 aromatic carbocycles. The molecule has 84 heavy (non-hydrogen) atoms. The van der Waals surface area contributed by atoms with E-state index in [1.807, 2.05) is 103 Å². The zero-order valence-corrected chi connectivity index (χ0v) is 48.4. The maximum atomic E-state index is 8.52. The fourth-order valence-electron chi connectivity index (χ4n) is 10.6. The summed E-state index contributed by atoms with van der Waals surface area (Å²) in [4.78, 5) is 47.5. The molecular weight excluding hydrogens is 1150 g/mol. The first kappa shape index (κ1) is 53.6. The van der Waals surface area contributed by atoms with Crippen molar-refractivity contribution in [2.75, 3.05) is 0 Å². The largest absolute Gasteiger partial charge is 0.508 e. The Kier molecular flexibility index (Phi) is 15.1. The molecule has 0 saturated heterocycles. The second kappa shape index (κ2) is 23.7. The molecular formula is C66H46BBrN12O2P2. The molecule has 0 aliphatic heterocycles. The molecule has 2 unspecified atom stereocenters. The van der Waals surface area contributed by atoms with Crippen LogP contribution in [0.3, 0.4) is 0 Å². The molecule has 2 N–H and O–H groups in total. The van der Waals surface area contributed by atoms with E-state index in [-0.39, 0.29) is 5.59 Å². The van der Waals surface area contributed by atoms with Crippen molar-refractivity contribution >= 4 is 134 Å². The van der Waals surface area contributed by atoms with Gasteiger partial charge < -0.3 is 10.0 Å². The van der Waals surface area contributed by atoms with Crippen molar-refractivity contribution in [2.45, 2.75) is 0 Å². The van der Waals surface area contributed by atoms with Crippen LogP contribution < -0.4 is 5.59 Å². The lowest BCUT2D eigenvalue weighted by molar-refractivity contribution is 0.424. The third-order valence-electron chi connectivity index (χ3n) is 14.3. The van der Waals surface area contributed by atoms with Gasteiger partial charge in [-0.15, -0.1) is 17.9 Å². The summed E-state index contributed by atoms with van der Waals surface area (Å²) in [5, 5.41) is 25.5. The summed E-state index contributed by atoms with van der Waals surface area (Å²) in [6, 6.07) is 72.6. The first-order valence-corrected chi connectivity index (χ1v) is 30.1. The zero-order chi connectivity index (χ0) is 57.1. The van der Waals surface area contributed by atoms with Crippen LogP contribution in [0.2, 0.25) is 0 Å². The van der Waals surface area contributed by atoms with Gasteiger partial charge in [0.1, 0.15) is 39.7 Å². The predicted octanol–water partition coefficient (Wildman–Crippen LogP) is 13.9. The van der Waals surface area contributed by atoms with Crippen molar-refractivity contribution in [1.29, 1.82) is 0 Å². The van der Waals surface area contributed by atoms with E-state index < -0.39 is 7.12 Å². The van der Waals surface area contributed by atoms with Crippen LogP contribution in [0.4, 0.5) is 0 Å². The Morgan fingerprint density at radius 1 is 0.357 bits per heavy atom. The van der Waals surface area contributed by atoms with Crippen LogP contribution in [0.15, 0.2) is 248 Å². The van der Waals surface area contributed by atoms with Crippen LogP contribution in [0.1, 0.15) is 0 Å². The number of fused-ring (bicyclic) bond motifs is 12. The molecule has 16 rings (SSSR count). The molecule has 0 aliphatic carbocycles. The van der Waals surface area contributed by atoms with Crippen LogP contribution >= 0.6 is 33.8 Å². The van der Waals surface area contributed by atoms with E-state index in [1.54, 1.807) is 24.4 Å². The van der Waals surface area contributed by atoms with Crippen molar-refractivity contribution in [3.8, 4) is 45.7 Å². The van der Waals surface area contributed by atoms with Gasteiger partial charge in [-0.25, -0.2) is 39.9 Å². The average molecular weight is 1190 g/mol. The molecule has 0 aliphatic rings. The number of nitrogens with zero attached hydrogens (tertiary/aromatic N) is 12. The van der Waals surface area contributed by atoms with Gasteiger partial charge in [-0.1, -0.05) is 121 Å². The summed E-state index contributed by atoms with van der Waals surface area (Å²) in [6.45, 7) is 0. The van der Waals surface area contributed by atoms with E-state index in [2.05, 4.69) is 162 Å². The summed E-state index contributed by atoms with van der Waals surface area (Å²) in [5.41, 5.74) is 11.9. The Morgan fingerprint density at radius 2 is 0.810 bits per heavy atom. The minimum Gasteiger partial charge on any atom is -0.422 e. The summed E-state index contributed by atoms with van der Waals surface area (Å²) in [7, 11) is 3.21. The highest BCUT2D eigenvalue weighted by molar-refractivity contribution is 9.10. The molecule has 0 fully saturated rings. The van der Waals surface area contributed by atoms with Crippen molar-refractivity contribution in [1.82, 2.24) is 59.0 Å². The highest BCUT2D eigenvalue weighted by Crippen LogP contribution is 2.37. The molecule has 0 spiro atoms. The zero-order valence-electron chi connectivity index (χ0n) is 44.5. The van der Waals surface area contributed by atoms with Gasteiger partial charge in [-0.3, -0.25) is 19.1 Å².